The minimum atomic E-state index is -1.11. The van der Waals surface area contributed by atoms with E-state index in [1.165, 1.54) is 6.07 Å². The minimum absolute atomic E-state index is 0.0130. The Morgan fingerprint density at radius 2 is 2.05 bits per heavy atom. The van der Waals surface area contributed by atoms with Gasteiger partial charge in [-0.1, -0.05) is 6.92 Å². The van der Waals surface area contributed by atoms with Gasteiger partial charge in [0.2, 0.25) is 5.91 Å². The van der Waals surface area contributed by atoms with Crippen molar-refractivity contribution in [2.24, 2.45) is 5.41 Å². The summed E-state index contributed by atoms with van der Waals surface area (Å²) >= 11 is 0. The van der Waals surface area contributed by atoms with Crippen molar-refractivity contribution in [2.75, 3.05) is 5.32 Å². The number of amides is 1. The molecule has 106 valence electrons. The molecule has 6 heteroatoms. The van der Waals surface area contributed by atoms with Crippen molar-refractivity contribution in [3.63, 3.8) is 0 Å². The number of benzene rings is 1. The van der Waals surface area contributed by atoms with Crippen molar-refractivity contribution < 1.29 is 9.72 Å². The summed E-state index contributed by atoms with van der Waals surface area (Å²) in [6, 6.07) is 4.96. The molecule has 6 nitrogen and oxygen atoms in total. The van der Waals surface area contributed by atoms with E-state index in [0.717, 1.165) is 0 Å². The van der Waals surface area contributed by atoms with Crippen molar-refractivity contribution >= 4 is 17.3 Å². The van der Waals surface area contributed by atoms with Crippen LogP contribution in [0.3, 0.4) is 0 Å². The first-order chi connectivity index (χ1) is 9.25. The van der Waals surface area contributed by atoms with Gasteiger partial charge in [0.15, 0.2) is 0 Å². The third-order valence-corrected chi connectivity index (χ3v) is 3.44. The molecule has 0 aromatic heterocycles. The monoisotopic (exact) mass is 275 g/mol. The van der Waals surface area contributed by atoms with E-state index in [9.17, 15) is 14.9 Å². The van der Waals surface area contributed by atoms with Gasteiger partial charge in [-0.2, -0.15) is 5.26 Å². The Morgan fingerprint density at radius 3 is 2.50 bits per heavy atom. The van der Waals surface area contributed by atoms with Crippen LogP contribution in [0.25, 0.3) is 0 Å². The fraction of sp³-hybridized carbons (Fsp3) is 0.429. The molecule has 1 unspecified atom stereocenters. The van der Waals surface area contributed by atoms with E-state index in [0.29, 0.717) is 23.2 Å². The number of nitrogens with zero attached hydrogens (tertiary/aromatic N) is 2. The number of hydrogen-bond acceptors (Lipinski definition) is 4. The summed E-state index contributed by atoms with van der Waals surface area (Å²) < 4.78 is 0. The molecule has 20 heavy (non-hydrogen) atoms. The number of nitro groups is 1. The SMILES string of the molecule is CCC(C)(C#N)C(=O)Nc1cc(C)c([N+](=O)[O-])cc1C. The number of nitrogens with one attached hydrogen (secondary N) is 1. The smallest absolute Gasteiger partial charge is 0.272 e. The van der Waals surface area contributed by atoms with Gasteiger partial charge in [0.05, 0.1) is 11.0 Å². The number of aryl methyl sites for hydroxylation is 2. The Morgan fingerprint density at radius 1 is 1.45 bits per heavy atom. The molecule has 0 aliphatic carbocycles. The van der Waals surface area contributed by atoms with Crippen LogP contribution >= 0.6 is 0 Å². The second-order valence-electron chi connectivity index (χ2n) is 4.96. The minimum Gasteiger partial charge on any atom is -0.324 e. The summed E-state index contributed by atoms with van der Waals surface area (Å²) in [5.41, 5.74) is 0.451. The lowest BCUT2D eigenvalue weighted by molar-refractivity contribution is -0.385. The molecule has 1 aromatic rings. The summed E-state index contributed by atoms with van der Waals surface area (Å²) in [5, 5.41) is 22.6. The lowest BCUT2D eigenvalue weighted by atomic mass is 9.88. The van der Waals surface area contributed by atoms with Crippen LogP contribution in [-0.2, 0) is 4.79 Å². The average Bonchev–Trinajstić information content (AvgIpc) is 2.41. The van der Waals surface area contributed by atoms with Crippen LogP contribution in [0.1, 0.15) is 31.4 Å². The molecule has 0 fully saturated rings. The predicted octanol–water partition coefficient (Wildman–Crippen LogP) is 3.09. The lowest BCUT2D eigenvalue weighted by Crippen LogP contribution is -2.31. The standard InChI is InChI=1S/C14H17N3O3/c1-5-14(4,8-15)13(18)16-11-6-10(3)12(17(19)20)7-9(11)2/h6-7H,5H2,1-4H3,(H,16,18). The number of nitriles is 1. The summed E-state index contributed by atoms with van der Waals surface area (Å²) in [6.45, 7) is 6.61. The van der Waals surface area contributed by atoms with E-state index in [-0.39, 0.29) is 5.69 Å². The first-order valence-electron chi connectivity index (χ1n) is 6.23. The number of carbonyl (C=O) groups excluding carboxylic acids is 1. The third-order valence-electron chi connectivity index (χ3n) is 3.44. The predicted molar refractivity (Wildman–Crippen MR) is 75.2 cm³/mol. The molecule has 1 atom stereocenters. The fourth-order valence-corrected chi connectivity index (χ4v) is 1.68. The Balaban J connectivity index is 3.12. The summed E-state index contributed by atoms with van der Waals surface area (Å²) in [5.74, 6) is -0.404. The van der Waals surface area contributed by atoms with Gasteiger partial charge in [-0.25, -0.2) is 0 Å². The van der Waals surface area contributed by atoms with Gasteiger partial charge in [-0.05, 0) is 38.8 Å². The molecular weight excluding hydrogens is 258 g/mol. The zero-order valence-corrected chi connectivity index (χ0v) is 12.0. The number of carbonyl (C=O) groups is 1. The van der Waals surface area contributed by atoms with E-state index < -0.39 is 16.2 Å². The molecule has 0 aliphatic rings. The summed E-state index contributed by atoms with van der Waals surface area (Å²) in [4.78, 5) is 22.5. The van der Waals surface area contributed by atoms with E-state index in [1.54, 1.807) is 33.8 Å². The van der Waals surface area contributed by atoms with Gasteiger partial charge in [0.25, 0.3) is 5.69 Å². The largest absolute Gasteiger partial charge is 0.324 e. The van der Waals surface area contributed by atoms with Gasteiger partial charge in [-0.15, -0.1) is 0 Å². The molecule has 1 aromatic carbocycles. The normalized spacial score (nSPS) is 13.2. The van der Waals surface area contributed by atoms with Crippen LogP contribution in [-0.4, -0.2) is 10.8 Å². The highest BCUT2D eigenvalue weighted by Gasteiger charge is 2.31. The Kier molecular flexibility index (Phi) is 4.45. The number of nitro benzene ring substituents is 1. The van der Waals surface area contributed by atoms with Gasteiger partial charge in [0.1, 0.15) is 5.41 Å². The van der Waals surface area contributed by atoms with Crippen LogP contribution in [0.5, 0.6) is 0 Å². The maximum atomic E-state index is 12.1. The first-order valence-corrected chi connectivity index (χ1v) is 6.23. The molecule has 1 rings (SSSR count). The van der Waals surface area contributed by atoms with E-state index >= 15 is 0 Å². The molecule has 0 saturated carbocycles. The highest BCUT2D eigenvalue weighted by atomic mass is 16.6. The van der Waals surface area contributed by atoms with Crippen molar-refractivity contribution in [1.82, 2.24) is 0 Å². The average molecular weight is 275 g/mol. The fourth-order valence-electron chi connectivity index (χ4n) is 1.68. The van der Waals surface area contributed by atoms with Crippen molar-refractivity contribution in [3.8, 4) is 6.07 Å². The molecule has 0 spiro atoms. The highest BCUT2D eigenvalue weighted by Crippen LogP contribution is 2.28. The zero-order valence-electron chi connectivity index (χ0n) is 12.0. The lowest BCUT2D eigenvalue weighted by Gasteiger charge is -2.19. The molecule has 1 amide bonds. The molecule has 0 heterocycles. The molecule has 1 N–H and O–H groups in total. The molecule has 0 saturated heterocycles. The zero-order chi connectivity index (χ0) is 15.5. The Hall–Kier alpha value is -2.42. The molecular formula is C14H17N3O3. The van der Waals surface area contributed by atoms with Crippen LogP contribution in [0.4, 0.5) is 11.4 Å². The maximum absolute atomic E-state index is 12.1. The quantitative estimate of drug-likeness (QED) is 0.674. The van der Waals surface area contributed by atoms with Crippen LogP contribution in [0, 0.1) is 40.7 Å². The van der Waals surface area contributed by atoms with Gasteiger partial charge >= 0.3 is 0 Å². The second kappa shape index (κ2) is 5.70. The van der Waals surface area contributed by atoms with Crippen LogP contribution in [0.2, 0.25) is 0 Å². The Labute approximate surface area is 117 Å². The van der Waals surface area contributed by atoms with E-state index in [1.807, 2.05) is 6.07 Å². The number of anilines is 1. The highest BCUT2D eigenvalue weighted by molar-refractivity contribution is 5.97. The van der Waals surface area contributed by atoms with Gasteiger partial charge in [-0.3, -0.25) is 14.9 Å². The van der Waals surface area contributed by atoms with Crippen LogP contribution < -0.4 is 5.32 Å². The van der Waals surface area contributed by atoms with Gasteiger partial charge in [0, 0.05) is 17.3 Å². The van der Waals surface area contributed by atoms with Gasteiger partial charge < -0.3 is 5.32 Å². The third kappa shape index (κ3) is 2.94. The maximum Gasteiger partial charge on any atom is 0.272 e. The molecule has 0 aliphatic heterocycles. The Bertz CT molecular complexity index is 604. The first kappa shape index (κ1) is 15.6. The topological polar surface area (TPSA) is 96.0 Å². The van der Waals surface area contributed by atoms with Crippen molar-refractivity contribution in [3.05, 3.63) is 33.4 Å². The van der Waals surface area contributed by atoms with E-state index in [4.69, 9.17) is 5.26 Å². The van der Waals surface area contributed by atoms with Crippen molar-refractivity contribution in [1.29, 1.82) is 5.26 Å². The molecule has 0 bridgehead atoms. The number of hydrogen-bond donors (Lipinski definition) is 1. The van der Waals surface area contributed by atoms with Crippen LogP contribution in [0.15, 0.2) is 12.1 Å². The van der Waals surface area contributed by atoms with Crippen molar-refractivity contribution in [2.45, 2.75) is 34.1 Å². The second-order valence-corrected chi connectivity index (χ2v) is 4.96. The van der Waals surface area contributed by atoms with E-state index in [2.05, 4.69) is 5.32 Å². The number of rotatable bonds is 4. The summed E-state index contributed by atoms with van der Waals surface area (Å²) in [7, 11) is 0. The molecule has 0 radical (unpaired) electrons. The summed E-state index contributed by atoms with van der Waals surface area (Å²) in [6.07, 6.45) is 0.389.